The van der Waals surface area contributed by atoms with Crippen LogP contribution in [0, 0.1) is 20.8 Å². The van der Waals surface area contributed by atoms with Crippen LogP contribution in [0.25, 0.3) is 0 Å². The van der Waals surface area contributed by atoms with Crippen LogP contribution < -0.4 is 5.32 Å². The number of hydrogen-bond acceptors (Lipinski definition) is 2. The highest BCUT2D eigenvalue weighted by Crippen LogP contribution is 2.20. The lowest BCUT2D eigenvalue weighted by Gasteiger charge is -2.10. The Morgan fingerprint density at radius 2 is 1.62 bits per heavy atom. The standard InChI is InChI=1S/C13H17NO2/c1-8-5-10(3)12(6-9(8)2)14-13(16)7-11(4)15/h5-6H,7H2,1-4H3,(H,14,16). The Kier molecular flexibility index (Phi) is 3.82. The van der Waals surface area contributed by atoms with Crippen molar-refractivity contribution in [2.24, 2.45) is 0 Å². The Morgan fingerprint density at radius 1 is 1.06 bits per heavy atom. The van der Waals surface area contributed by atoms with E-state index in [1.807, 2.05) is 32.9 Å². The second-order valence-corrected chi connectivity index (χ2v) is 4.18. The SMILES string of the molecule is CC(=O)CC(=O)Nc1cc(C)c(C)cc1C. The Labute approximate surface area is 95.9 Å². The van der Waals surface area contributed by atoms with E-state index in [-0.39, 0.29) is 18.1 Å². The van der Waals surface area contributed by atoms with Crippen molar-refractivity contribution < 1.29 is 9.59 Å². The quantitative estimate of drug-likeness (QED) is 0.794. The van der Waals surface area contributed by atoms with Gasteiger partial charge in [0.25, 0.3) is 0 Å². The molecule has 1 N–H and O–H groups in total. The minimum Gasteiger partial charge on any atom is -0.325 e. The molecule has 0 saturated heterocycles. The number of Topliss-reactive ketones (excluding diaryl/α,β-unsaturated/α-hetero) is 1. The van der Waals surface area contributed by atoms with Gasteiger partial charge in [0.15, 0.2) is 0 Å². The van der Waals surface area contributed by atoms with Gasteiger partial charge >= 0.3 is 0 Å². The fourth-order valence-electron chi connectivity index (χ4n) is 1.52. The van der Waals surface area contributed by atoms with Crippen LogP contribution in [0.5, 0.6) is 0 Å². The third-order valence-corrected chi connectivity index (χ3v) is 2.52. The summed E-state index contributed by atoms with van der Waals surface area (Å²) in [6.45, 7) is 7.38. The Bertz CT molecular complexity index is 436. The first kappa shape index (κ1) is 12.4. The van der Waals surface area contributed by atoms with Crippen LogP contribution >= 0.6 is 0 Å². The van der Waals surface area contributed by atoms with E-state index in [2.05, 4.69) is 5.32 Å². The third kappa shape index (κ3) is 3.19. The maximum atomic E-state index is 11.4. The normalized spacial score (nSPS) is 10.0. The summed E-state index contributed by atoms with van der Waals surface area (Å²) in [6, 6.07) is 3.96. The van der Waals surface area contributed by atoms with E-state index >= 15 is 0 Å². The minimum absolute atomic E-state index is 0.0631. The molecule has 0 aliphatic carbocycles. The van der Waals surface area contributed by atoms with Crippen molar-refractivity contribution in [1.82, 2.24) is 0 Å². The summed E-state index contributed by atoms with van der Waals surface area (Å²) in [7, 11) is 0. The Morgan fingerprint density at radius 3 is 2.19 bits per heavy atom. The predicted molar refractivity (Wildman–Crippen MR) is 64.6 cm³/mol. The fourth-order valence-corrected chi connectivity index (χ4v) is 1.52. The number of amides is 1. The van der Waals surface area contributed by atoms with Crippen LogP contribution in [-0.2, 0) is 9.59 Å². The number of hydrogen-bond donors (Lipinski definition) is 1. The molecule has 3 nitrogen and oxygen atoms in total. The molecule has 1 aromatic rings. The highest BCUT2D eigenvalue weighted by molar-refractivity contribution is 6.03. The molecular formula is C13H17NO2. The lowest BCUT2D eigenvalue weighted by Crippen LogP contribution is -2.15. The molecule has 0 spiro atoms. The molecule has 1 aromatic carbocycles. The number of carbonyl (C=O) groups excluding carboxylic acids is 2. The van der Waals surface area contributed by atoms with Crippen molar-refractivity contribution in [2.45, 2.75) is 34.1 Å². The van der Waals surface area contributed by atoms with E-state index in [1.54, 1.807) is 0 Å². The highest BCUT2D eigenvalue weighted by atomic mass is 16.2. The van der Waals surface area contributed by atoms with Gasteiger partial charge in [0, 0.05) is 5.69 Å². The maximum absolute atomic E-state index is 11.4. The molecular weight excluding hydrogens is 202 g/mol. The van der Waals surface area contributed by atoms with Gasteiger partial charge in [0.05, 0.1) is 6.42 Å². The smallest absolute Gasteiger partial charge is 0.231 e. The molecule has 16 heavy (non-hydrogen) atoms. The first-order valence-corrected chi connectivity index (χ1v) is 5.27. The van der Waals surface area contributed by atoms with Crippen LogP contribution in [-0.4, -0.2) is 11.7 Å². The van der Waals surface area contributed by atoms with E-state index in [4.69, 9.17) is 0 Å². The molecule has 0 aliphatic heterocycles. The van der Waals surface area contributed by atoms with Gasteiger partial charge < -0.3 is 5.32 Å². The molecule has 0 fully saturated rings. The molecule has 1 amide bonds. The van der Waals surface area contributed by atoms with Crippen LogP contribution in [0.2, 0.25) is 0 Å². The van der Waals surface area contributed by atoms with Crippen LogP contribution in [0.15, 0.2) is 12.1 Å². The van der Waals surface area contributed by atoms with E-state index in [0.717, 1.165) is 16.8 Å². The summed E-state index contributed by atoms with van der Waals surface area (Å²) in [6.07, 6.45) is -0.0631. The van der Waals surface area contributed by atoms with Gasteiger partial charge in [0.2, 0.25) is 5.91 Å². The second kappa shape index (κ2) is 4.92. The third-order valence-electron chi connectivity index (χ3n) is 2.52. The molecule has 0 atom stereocenters. The molecule has 0 aromatic heterocycles. The summed E-state index contributed by atoms with van der Waals surface area (Å²) in [5.41, 5.74) is 4.13. The number of aryl methyl sites for hydroxylation is 3. The molecule has 1 rings (SSSR count). The minimum atomic E-state index is -0.251. The summed E-state index contributed by atoms with van der Waals surface area (Å²) in [5.74, 6) is -0.377. The van der Waals surface area contributed by atoms with Gasteiger partial charge in [-0.3, -0.25) is 9.59 Å². The lowest BCUT2D eigenvalue weighted by molar-refractivity contribution is -0.124. The van der Waals surface area contributed by atoms with Crippen LogP contribution in [0.3, 0.4) is 0 Å². The number of rotatable bonds is 3. The van der Waals surface area contributed by atoms with Crippen molar-refractivity contribution in [3.8, 4) is 0 Å². The highest BCUT2D eigenvalue weighted by Gasteiger charge is 2.08. The Balaban J connectivity index is 2.85. The molecule has 0 aliphatic rings. The van der Waals surface area contributed by atoms with Gasteiger partial charge in [-0.1, -0.05) is 6.07 Å². The largest absolute Gasteiger partial charge is 0.325 e. The summed E-state index contributed by atoms with van der Waals surface area (Å²) in [4.78, 5) is 22.2. The second-order valence-electron chi connectivity index (χ2n) is 4.18. The first-order valence-electron chi connectivity index (χ1n) is 5.27. The van der Waals surface area contributed by atoms with Gasteiger partial charge in [-0.05, 0) is 50.5 Å². The van der Waals surface area contributed by atoms with E-state index < -0.39 is 0 Å². The number of ketones is 1. The van der Waals surface area contributed by atoms with Gasteiger partial charge in [-0.25, -0.2) is 0 Å². The van der Waals surface area contributed by atoms with E-state index in [1.165, 1.54) is 12.5 Å². The predicted octanol–water partition coefficient (Wildman–Crippen LogP) is 2.53. The van der Waals surface area contributed by atoms with Gasteiger partial charge in [-0.2, -0.15) is 0 Å². The number of anilines is 1. The van der Waals surface area contributed by atoms with Crippen molar-refractivity contribution in [3.05, 3.63) is 28.8 Å². The van der Waals surface area contributed by atoms with Crippen molar-refractivity contribution >= 4 is 17.4 Å². The van der Waals surface area contributed by atoms with Gasteiger partial charge in [0.1, 0.15) is 5.78 Å². The number of carbonyl (C=O) groups is 2. The summed E-state index contributed by atoms with van der Waals surface area (Å²) >= 11 is 0. The number of nitrogens with one attached hydrogen (secondary N) is 1. The molecule has 3 heteroatoms. The zero-order valence-corrected chi connectivity index (χ0v) is 10.2. The topological polar surface area (TPSA) is 46.2 Å². The van der Waals surface area contributed by atoms with Gasteiger partial charge in [-0.15, -0.1) is 0 Å². The lowest BCUT2D eigenvalue weighted by atomic mass is 10.0. The maximum Gasteiger partial charge on any atom is 0.231 e. The molecule has 0 unspecified atom stereocenters. The average molecular weight is 219 g/mol. The fraction of sp³-hybridized carbons (Fsp3) is 0.385. The molecule has 86 valence electrons. The Hall–Kier alpha value is -1.64. The monoisotopic (exact) mass is 219 g/mol. The zero-order valence-electron chi connectivity index (χ0n) is 10.2. The molecule has 0 bridgehead atoms. The molecule has 0 heterocycles. The van der Waals surface area contributed by atoms with Crippen molar-refractivity contribution in [2.75, 3.05) is 5.32 Å². The summed E-state index contributed by atoms with van der Waals surface area (Å²) < 4.78 is 0. The van der Waals surface area contributed by atoms with E-state index in [0.29, 0.717) is 0 Å². The van der Waals surface area contributed by atoms with Crippen molar-refractivity contribution in [1.29, 1.82) is 0 Å². The molecule has 0 saturated carbocycles. The van der Waals surface area contributed by atoms with E-state index in [9.17, 15) is 9.59 Å². The van der Waals surface area contributed by atoms with Crippen LogP contribution in [0.4, 0.5) is 5.69 Å². The average Bonchev–Trinajstić information content (AvgIpc) is 2.12. The molecule has 0 radical (unpaired) electrons. The number of benzene rings is 1. The first-order chi connectivity index (χ1) is 7.40. The summed E-state index contributed by atoms with van der Waals surface area (Å²) in [5, 5.41) is 2.75. The van der Waals surface area contributed by atoms with Crippen LogP contribution in [0.1, 0.15) is 30.0 Å². The van der Waals surface area contributed by atoms with Crippen molar-refractivity contribution in [3.63, 3.8) is 0 Å². The zero-order chi connectivity index (χ0) is 12.3.